The predicted molar refractivity (Wildman–Crippen MR) is 59.8 cm³/mol. The first-order chi connectivity index (χ1) is 7.80. The second kappa shape index (κ2) is 4.78. The molecule has 1 rings (SSSR count). The number of rotatable bonds is 4. The van der Waals surface area contributed by atoms with E-state index in [-0.39, 0.29) is 10.6 Å². The molecule has 1 aromatic carbocycles. The molecule has 17 heavy (non-hydrogen) atoms. The van der Waals surface area contributed by atoms with E-state index in [1.165, 1.54) is 26.3 Å². The summed E-state index contributed by atoms with van der Waals surface area (Å²) in [6.07, 6.45) is 0. The second-order valence-electron chi connectivity index (χ2n) is 3.30. The number of aryl methyl sites for hydroxylation is 1. The monoisotopic (exact) mass is 260 g/mol. The molecule has 0 unspecified atom stereocenters. The van der Waals surface area contributed by atoms with Crippen LogP contribution in [0.25, 0.3) is 0 Å². The van der Waals surface area contributed by atoms with Gasteiger partial charge in [0.25, 0.3) is 15.7 Å². The molecular weight excluding hydrogens is 248 g/mol. The summed E-state index contributed by atoms with van der Waals surface area (Å²) in [5, 5.41) is 10.6. The predicted octanol–water partition coefficient (Wildman–Crippen LogP) is 1.09. The molecule has 0 aromatic heterocycles. The van der Waals surface area contributed by atoms with Crippen LogP contribution in [0.15, 0.2) is 23.1 Å². The van der Waals surface area contributed by atoms with E-state index in [1.54, 1.807) is 6.92 Å². The van der Waals surface area contributed by atoms with Crippen LogP contribution in [0.2, 0.25) is 0 Å². The molecule has 0 amide bonds. The standard InChI is InChI=1S/C9H12N2O5S/c1-7-4-5-8(11(12)13)6-9(7)17(14,15)10(2)16-3/h4-6H,1-3H3. The minimum Gasteiger partial charge on any atom is -0.288 e. The lowest BCUT2D eigenvalue weighted by Gasteiger charge is -2.15. The topological polar surface area (TPSA) is 89.8 Å². The molecule has 0 aliphatic rings. The lowest BCUT2D eigenvalue weighted by Crippen LogP contribution is -2.26. The third kappa shape index (κ3) is 2.60. The zero-order chi connectivity index (χ0) is 13.2. The molecule has 0 radical (unpaired) electrons. The zero-order valence-electron chi connectivity index (χ0n) is 9.58. The third-order valence-electron chi connectivity index (χ3n) is 2.26. The van der Waals surface area contributed by atoms with Gasteiger partial charge in [0.05, 0.1) is 16.9 Å². The number of nitro benzene ring substituents is 1. The van der Waals surface area contributed by atoms with Gasteiger partial charge in [-0.3, -0.25) is 15.0 Å². The maximum absolute atomic E-state index is 11.9. The minimum absolute atomic E-state index is 0.143. The van der Waals surface area contributed by atoms with E-state index in [0.29, 0.717) is 10.0 Å². The number of nitro groups is 1. The van der Waals surface area contributed by atoms with Gasteiger partial charge in [-0.25, -0.2) is 8.42 Å². The molecule has 0 atom stereocenters. The van der Waals surface area contributed by atoms with Crippen LogP contribution in [0.1, 0.15) is 5.56 Å². The number of hydrogen-bond donors (Lipinski definition) is 0. The van der Waals surface area contributed by atoms with Crippen LogP contribution in [0.3, 0.4) is 0 Å². The average Bonchev–Trinajstić information content (AvgIpc) is 2.27. The van der Waals surface area contributed by atoms with E-state index in [1.807, 2.05) is 0 Å². The van der Waals surface area contributed by atoms with Crippen LogP contribution in [-0.2, 0) is 14.9 Å². The van der Waals surface area contributed by atoms with Crippen molar-refractivity contribution in [3.63, 3.8) is 0 Å². The van der Waals surface area contributed by atoms with E-state index in [4.69, 9.17) is 0 Å². The number of benzene rings is 1. The molecule has 8 heteroatoms. The van der Waals surface area contributed by atoms with Crippen molar-refractivity contribution in [2.24, 2.45) is 0 Å². The number of nitrogens with zero attached hydrogens (tertiary/aromatic N) is 2. The Labute approximate surface area is 98.8 Å². The zero-order valence-corrected chi connectivity index (χ0v) is 10.4. The molecule has 0 fully saturated rings. The van der Waals surface area contributed by atoms with Crippen molar-refractivity contribution in [1.82, 2.24) is 4.47 Å². The van der Waals surface area contributed by atoms with Crippen LogP contribution >= 0.6 is 0 Å². The summed E-state index contributed by atoms with van der Waals surface area (Å²) >= 11 is 0. The average molecular weight is 260 g/mol. The van der Waals surface area contributed by atoms with Crippen molar-refractivity contribution in [3.05, 3.63) is 33.9 Å². The normalized spacial score (nSPS) is 11.8. The number of hydrogen-bond acceptors (Lipinski definition) is 5. The van der Waals surface area contributed by atoms with E-state index < -0.39 is 14.9 Å². The largest absolute Gasteiger partial charge is 0.288 e. The molecule has 0 aliphatic carbocycles. The Hall–Kier alpha value is -1.51. The van der Waals surface area contributed by atoms with Crippen molar-refractivity contribution in [2.75, 3.05) is 14.2 Å². The quantitative estimate of drug-likeness (QED) is 0.597. The highest BCUT2D eigenvalue weighted by atomic mass is 32.2. The van der Waals surface area contributed by atoms with Crippen LogP contribution in [-0.4, -0.2) is 32.0 Å². The fourth-order valence-electron chi connectivity index (χ4n) is 1.22. The molecule has 1 aromatic rings. The van der Waals surface area contributed by atoms with E-state index in [0.717, 1.165) is 6.07 Å². The summed E-state index contributed by atoms with van der Waals surface area (Å²) in [4.78, 5) is 14.4. The highest BCUT2D eigenvalue weighted by Crippen LogP contribution is 2.23. The molecule has 0 spiro atoms. The third-order valence-corrected chi connectivity index (χ3v) is 4.08. The Morgan fingerprint density at radius 3 is 2.47 bits per heavy atom. The fraction of sp³-hybridized carbons (Fsp3) is 0.333. The first kappa shape index (κ1) is 13.6. The Morgan fingerprint density at radius 2 is 2.00 bits per heavy atom. The second-order valence-corrected chi connectivity index (χ2v) is 5.21. The lowest BCUT2D eigenvalue weighted by atomic mass is 10.2. The highest BCUT2D eigenvalue weighted by Gasteiger charge is 2.25. The van der Waals surface area contributed by atoms with Gasteiger partial charge in [0, 0.05) is 19.2 Å². The van der Waals surface area contributed by atoms with Gasteiger partial charge in [-0.2, -0.15) is 0 Å². The summed E-state index contributed by atoms with van der Waals surface area (Å²) in [5.41, 5.74) is 0.137. The van der Waals surface area contributed by atoms with Crippen molar-refractivity contribution in [3.8, 4) is 0 Å². The Morgan fingerprint density at radius 1 is 1.41 bits per heavy atom. The van der Waals surface area contributed by atoms with Crippen LogP contribution < -0.4 is 0 Å². The summed E-state index contributed by atoms with van der Waals surface area (Å²) in [6.45, 7) is 1.56. The molecule has 0 aliphatic heterocycles. The number of sulfonamides is 1. The minimum atomic E-state index is -3.87. The maximum Gasteiger partial charge on any atom is 0.270 e. The highest BCUT2D eigenvalue weighted by molar-refractivity contribution is 7.89. The van der Waals surface area contributed by atoms with Crippen molar-refractivity contribution in [2.45, 2.75) is 11.8 Å². The Bertz CT molecular complexity index is 540. The van der Waals surface area contributed by atoms with E-state index >= 15 is 0 Å². The van der Waals surface area contributed by atoms with Gasteiger partial charge < -0.3 is 0 Å². The van der Waals surface area contributed by atoms with Gasteiger partial charge in [-0.15, -0.1) is 0 Å². The molecule has 0 N–H and O–H groups in total. The first-order valence-corrected chi connectivity index (χ1v) is 6.02. The molecule has 0 bridgehead atoms. The van der Waals surface area contributed by atoms with E-state index in [9.17, 15) is 18.5 Å². The summed E-state index contributed by atoms with van der Waals surface area (Å²) in [5.74, 6) is 0. The summed E-state index contributed by atoms with van der Waals surface area (Å²) in [6, 6.07) is 3.65. The Kier molecular flexibility index (Phi) is 3.81. The molecular formula is C9H12N2O5S. The molecule has 0 saturated carbocycles. The van der Waals surface area contributed by atoms with Crippen molar-refractivity contribution >= 4 is 15.7 Å². The number of non-ortho nitro benzene ring substituents is 1. The van der Waals surface area contributed by atoms with Gasteiger partial charge in [-0.05, 0) is 12.5 Å². The molecule has 0 saturated heterocycles. The van der Waals surface area contributed by atoms with Gasteiger partial charge in [0.15, 0.2) is 0 Å². The number of hydroxylamine groups is 1. The van der Waals surface area contributed by atoms with E-state index in [2.05, 4.69) is 4.84 Å². The molecule has 94 valence electrons. The molecule has 7 nitrogen and oxygen atoms in total. The Balaban J connectivity index is 3.40. The summed E-state index contributed by atoms with van der Waals surface area (Å²) < 4.78 is 24.5. The first-order valence-electron chi connectivity index (χ1n) is 4.58. The SMILES string of the molecule is CON(C)S(=O)(=O)c1cc([N+](=O)[O-])ccc1C. The van der Waals surface area contributed by atoms with Crippen LogP contribution in [0, 0.1) is 17.0 Å². The smallest absolute Gasteiger partial charge is 0.270 e. The van der Waals surface area contributed by atoms with Gasteiger partial charge in [0.1, 0.15) is 0 Å². The fourth-order valence-corrected chi connectivity index (χ4v) is 2.43. The van der Waals surface area contributed by atoms with Gasteiger partial charge in [0.2, 0.25) is 0 Å². The van der Waals surface area contributed by atoms with Gasteiger partial charge >= 0.3 is 0 Å². The maximum atomic E-state index is 11.9. The van der Waals surface area contributed by atoms with Crippen molar-refractivity contribution < 1.29 is 18.2 Å². The molecule has 0 heterocycles. The van der Waals surface area contributed by atoms with Crippen LogP contribution in [0.4, 0.5) is 5.69 Å². The lowest BCUT2D eigenvalue weighted by molar-refractivity contribution is -0.385. The van der Waals surface area contributed by atoms with Crippen molar-refractivity contribution in [1.29, 1.82) is 0 Å². The summed E-state index contributed by atoms with van der Waals surface area (Å²) in [7, 11) is -1.45. The van der Waals surface area contributed by atoms with Gasteiger partial charge in [-0.1, -0.05) is 10.5 Å². The van der Waals surface area contributed by atoms with Crippen LogP contribution in [0.5, 0.6) is 0 Å².